The number of halogens is 2. The highest BCUT2D eigenvalue weighted by Gasteiger charge is 2.12. The van der Waals surface area contributed by atoms with Gasteiger partial charge in [0.1, 0.15) is 17.5 Å². The minimum atomic E-state index is -0.414. The van der Waals surface area contributed by atoms with Crippen LogP contribution in [0.15, 0.2) is 24.3 Å². The van der Waals surface area contributed by atoms with E-state index in [4.69, 9.17) is 17.3 Å². The number of rotatable bonds is 3. The minimum absolute atomic E-state index is 0.269. The zero-order valence-corrected chi connectivity index (χ0v) is 10.7. The third-order valence-corrected chi connectivity index (χ3v) is 2.80. The van der Waals surface area contributed by atoms with Gasteiger partial charge < -0.3 is 5.73 Å². The van der Waals surface area contributed by atoms with E-state index in [1.807, 2.05) is 6.92 Å². The van der Waals surface area contributed by atoms with Crippen molar-refractivity contribution in [3.05, 3.63) is 40.9 Å². The van der Waals surface area contributed by atoms with Gasteiger partial charge in [-0.15, -0.1) is 0 Å². The zero-order valence-electron chi connectivity index (χ0n) is 9.95. The summed E-state index contributed by atoms with van der Waals surface area (Å²) in [6.07, 6.45) is 1.60. The summed E-state index contributed by atoms with van der Waals surface area (Å²) in [5, 5.41) is 0.315. The second-order valence-corrected chi connectivity index (χ2v) is 4.35. The van der Waals surface area contributed by atoms with Crippen molar-refractivity contribution in [2.75, 3.05) is 5.73 Å². The van der Waals surface area contributed by atoms with E-state index in [1.54, 1.807) is 12.1 Å². The van der Waals surface area contributed by atoms with Gasteiger partial charge in [0.05, 0.1) is 16.3 Å². The molecular weight excluding hydrogens is 253 g/mol. The molecule has 1 aromatic carbocycles. The molecule has 0 unspecified atom stereocenters. The molecule has 18 heavy (non-hydrogen) atoms. The Balaban J connectivity index is 2.56. The molecule has 3 nitrogen and oxygen atoms in total. The number of nitrogen functional groups attached to an aromatic ring is 1. The first kappa shape index (κ1) is 12.8. The summed E-state index contributed by atoms with van der Waals surface area (Å²) < 4.78 is 13.8. The second kappa shape index (κ2) is 5.31. The second-order valence-electron chi connectivity index (χ2n) is 3.94. The van der Waals surface area contributed by atoms with Crippen LogP contribution in [0.1, 0.15) is 19.2 Å². The number of nitrogens with two attached hydrogens (primary N) is 1. The summed E-state index contributed by atoms with van der Waals surface area (Å²) in [6, 6.07) is 6.05. The molecule has 94 valence electrons. The monoisotopic (exact) mass is 265 g/mol. The molecule has 0 saturated carbocycles. The Morgan fingerprint density at radius 1 is 1.33 bits per heavy atom. The van der Waals surface area contributed by atoms with Crippen molar-refractivity contribution in [2.24, 2.45) is 0 Å². The molecule has 0 aliphatic rings. The van der Waals surface area contributed by atoms with Crippen LogP contribution in [0.2, 0.25) is 5.02 Å². The number of anilines is 1. The molecule has 0 amide bonds. The maximum atomic E-state index is 13.8. The van der Waals surface area contributed by atoms with Gasteiger partial charge in [-0.05, 0) is 18.6 Å². The van der Waals surface area contributed by atoms with E-state index in [2.05, 4.69) is 9.97 Å². The van der Waals surface area contributed by atoms with Crippen LogP contribution in [0.25, 0.3) is 11.3 Å². The van der Waals surface area contributed by atoms with E-state index in [1.165, 1.54) is 12.1 Å². The lowest BCUT2D eigenvalue weighted by Gasteiger charge is -2.08. The van der Waals surface area contributed by atoms with Crippen LogP contribution in [0.3, 0.4) is 0 Å². The third kappa shape index (κ3) is 2.59. The van der Waals surface area contributed by atoms with Gasteiger partial charge in [-0.1, -0.05) is 24.6 Å². The van der Waals surface area contributed by atoms with E-state index in [9.17, 15) is 4.39 Å². The number of nitrogens with zero attached hydrogens (tertiary/aromatic N) is 2. The third-order valence-electron chi connectivity index (χ3n) is 2.48. The maximum absolute atomic E-state index is 13.8. The van der Waals surface area contributed by atoms with E-state index in [-0.39, 0.29) is 5.56 Å². The molecule has 0 bridgehead atoms. The summed E-state index contributed by atoms with van der Waals surface area (Å²) in [5.41, 5.74) is 6.40. The highest BCUT2D eigenvalue weighted by atomic mass is 35.5. The van der Waals surface area contributed by atoms with Crippen molar-refractivity contribution in [1.82, 2.24) is 9.97 Å². The molecule has 5 heteroatoms. The molecule has 0 radical (unpaired) electrons. The molecule has 0 aliphatic heterocycles. The molecule has 0 aliphatic carbocycles. The van der Waals surface area contributed by atoms with Crippen molar-refractivity contribution in [3.63, 3.8) is 0 Å². The molecule has 0 atom stereocenters. The summed E-state index contributed by atoms with van der Waals surface area (Å²) in [6.45, 7) is 2.02. The standard InChI is InChI=1S/C13H13ClFN3/c1-2-4-12-17-10(7-11(16)18-12)13-8(14)5-3-6-9(13)15/h3,5-7H,2,4H2,1H3,(H2,16,17,18). The van der Waals surface area contributed by atoms with E-state index >= 15 is 0 Å². The first-order chi connectivity index (χ1) is 8.61. The highest BCUT2D eigenvalue weighted by Crippen LogP contribution is 2.29. The van der Waals surface area contributed by atoms with Crippen molar-refractivity contribution in [3.8, 4) is 11.3 Å². The molecule has 2 N–H and O–H groups in total. The molecular formula is C13H13ClFN3. The van der Waals surface area contributed by atoms with Gasteiger partial charge in [-0.25, -0.2) is 14.4 Å². The van der Waals surface area contributed by atoms with Crippen LogP contribution >= 0.6 is 11.6 Å². The van der Waals surface area contributed by atoms with Gasteiger partial charge in [0.15, 0.2) is 0 Å². The molecule has 0 fully saturated rings. The number of aryl methyl sites for hydroxylation is 1. The van der Waals surface area contributed by atoms with Crippen molar-refractivity contribution < 1.29 is 4.39 Å². The molecule has 1 aromatic heterocycles. The summed E-state index contributed by atoms with van der Waals surface area (Å²) in [7, 11) is 0. The number of benzene rings is 1. The predicted octanol–water partition coefficient (Wildman–Crippen LogP) is 3.47. The van der Waals surface area contributed by atoms with E-state index in [0.29, 0.717) is 28.8 Å². The van der Waals surface area contributed by atoms with Crippen LogP contribution in [0.5, 0.6) is 0 Å². The van der Waals surface area contributed by atoms with Crippen LogP contribution in [0.4, 0.5) is 10.2 Å². The van der Waals surface area contributed by atoms with Gasteiger partial charge in [0, 0.05) is 12.5 Å². The summed E-state index contributed by atoms with van der Waals surface area (Å²) >= 11 is 6.00. The number of aromatic nitrogens is 2. The van der Waals surface area contributed by atoms with Crippen LogP contribution in [-0.2, 0) is 6.42 Å². The lowest BCUT2D eigenvalue weighted by molar-refractivity contribution is 0.630. The van der Waals surface area contributed by atoms with Crippen molar-refractivity contribution >= 4 is 17.4 Å². The molecule has 2 rings (SSSR count). The molecule has 1 heterocycles. The van der Waals surface area contributed by atoms with Crippen molar-refractivity contribution in [1.29, 1.82) is 0 Å². The predicted molar refractivity (Wildman–Crippen MR) is 70.8 cm³/mol. The molecule has 2 aromatic rings. The smallest absolute Gasteiger partial charge is 0.134 e. The average Bonchev–Trinajstić information content (AvgIpc) is 2.28. The molecule has 0 spiro atoms. The van der Waals surface area contributed by atoms with Crippen molar-refractivity contribution in [2.45, 2.75) is 19.8 Å². The Morgan fingerprint density at radius 2 is 2.11 bits per heavy atom. The van der Waals surface area contributed by atoms with Crippen LogP contribution < -0.4 is 5.73 Å². The number of hydrogen-bond donors (Lipinski definition) is 1. The van der Waals surface area contributed by atoms with E-state index in [0.717, 1.165) is 6.42 Å². The summed E-state index contributed by atoms with van der Waals surface area (Å²) in [5.74, 6) is 0.512. The lowest BCUT2D eigenvalue weighted by Crippen LogP contribution is -2.02. The fraction of sp³-hybridized carbons (Fsp3) is 0.231. The van der Waals surface area contributed by atoms with Gasteiger partial charge in [-0.2, -0.15) is 0 Å². The van der Waals surface area contributed by atoms with Gasteiger partial charge in [0.2, 0.25) is 0 Å². The Kier molecular flexibility index (Phi) is 3.77. The van der Waals surface area contributed by atoms with Crippen LogP contribution in [0, 0.1) is 5.82 Å². The highest BCUT2D eigenvalue weighted by molar-refractivity contribution is 6.33. The van der Waals surface area contributed by atoms with Gasteiger partial charge in [0.25, 0.3) is 0 Å². The minimum Gasteiger partial charge on any atom is -0.384 e. The fourth-order valence-corrected chi connectivity index (χ4v) is 1.98. The molecule has 0 saturated heterocycles. The van der Waals surface area contributed by atoms with Crippen LogP contribution in [-0.4, -0.2) is 9.97 Å². The first-order valence-electron chi connectivity index (χ1n) is 5.69. The van der Waals surface area contributed by atoms with E-state index < -0.39 is 5.82 Å². The fourth-order valence-electron chi connectivity index (χ4n) is 1.72. The SMILES string of the molecule is CCCc1nc(N)cc(-c2c(F)cccc2Cl)n1. The Hall–Kier alpha value is -1.68. The quantitative estimate of drug-likeness (QED) is 0.924. The Bertz CT molecular complexity index is 552. The topological polar surface area (TPSA) is 51.8 Å². The maximum Gasteiger partial charge on any atom is 0.134 e. The average molecular weight is 266 g/mol. The normalized spacial score (nSPS) is 10.6. The van der Waals surface area contributed by atoms with Gasteiger partial charge >= 0.3 is 0 Å². The Morgan fingerprint density at radius 3 is 2.78 bits per heavy atom. The Labute approximate surface area is 110 Å². The largest absolute Gasteiger partial charge is 0.384 e. The zero-order chi connectivity index (χ0) is 13.1. The lowest BCUT2D eigenvalue weighted by atomic mass is 10.1. The van der Waals surface area contributed by atoms with Gasteiger partial charge in [-0.3, -0.25) is 0 Å². The first-order valence-corrected chi connectivity index (χ1v) is 6.07. The number of hydrogen-bond acceptors (Lipinski definition) is 3. The summed E-state index contributed by atoms with van der Waals surface area (Å²) in [4.78, 5) is 8.41.